The van der Waals surface area contributed by atoms with Crippen molar-refractivity contribution in [3.8, 4) is 0 Å². The lowest BCUT2D eigenvalue weighted by Crippen LogP contribution is -2.48. The van der Waals surface area contributed by atoms with Crippen LogP contribution in [0.15, 0.2) is 48.5 Å². The number of nitrogens with zero attached hydrogens (tertiary/aromatic N) is 2. The maximum absolute atomic E-state index is 13.3. The molecule has 192 valence electrons. The summed E-state index contributed by atoms with van der Waals surface area (Å²) in [5.41, 5.74) is 1.20. The van der Waals surface area contributed by atoms with Crippen LogP contribution >= 0.6 is 23.2 Å². The Bertz CT molecular complexity index is 1100. The van der Waals surface area contributed by atoms with E-state index in [1.165, 1.54) is 9.21 Å². The van der Waals surface area contributed by atoms with Gasteiger partial charge in [0.15, 0.2) is 0 Å². The van der Waals surface area contributed by atoms with E-state index in [9.17, 15) is 18.0 Å². The van der Waals surface area contributed by atoms with Gasteiger partial charge in [0.1, 0.15) is 6.04 Å². The van der Waals surface area contributed by atoms with Gasteiger partial charge >= 0.3 is 0 Å². The molecule has 0 aliphatic heterocycles. The van der Waals surface area contributed by atoms with Crippen LogP contribution in [0.25, 0.3) is 0 Å². The molecule has 2 aromatic rings. The van der Waals surface area contributed by atoms with Gasteiger partial charge in [0.2, 0.25) is 21.8 Å². The maximum Gasteiger partial charge on any atom is 0.242 e. The van der Waals surface area contributed by atoms with E-state index in [1.54, 1.807) is 55.5 Å². The van der Waals surface area contributed by atoms with Crippen LogP contribution in [-0.4, -0.2) is 50.5 Å². The maximum atomic E-state index is 13.3. The van der Waals surface area contributed by atoms with Crippen molar-refractivity contribution in [2.75, 3.05) is 23.7 Å². The van der Waals surface area contributed by atoms with Crippen LogP contribution in [0.4, 0.5) is 5.69 Å². The largest absolute Gasteiger partial charge is 0.354 e. The molecule has 0 radical (unpaired) electrons. The van der Waals surface area contributed by atoms with Crippen molar-refractivity contribution in [2.45, 2.75) is 52.1 Å². The summed E-state index contributed by atoms with van der Waals surface area (Å²) in [5.74, 6) is -0.519. The fraction of sp³-hybridized carbons (Fsp3) is 0.440. The lowest BCUT2D eigenvalue weighted by molar-refractivity contribution is -0.140. The number of hydrogen-bond donors (Lipinski definition) is 1. The number of rotatable bonds is 13. The topological polar surface area (TPSA) is 86.8 Å². The second-order valence-corrected chi connectivity index (χ2v) is 11.1. The molecule has 1 N–H and O–H groups in total. The van der Waals surface area contributed by atoms with E-state index in [-0.39, 0.29) is 37.7 Å². The van der Waals surface area contributed by atoms with Crippen LogP contribution in [0.2, 0.25) is 10.0 Å². The van der Waals surface area contributed by atoms with Crippen molar-refractivity contribution >= 4 is 50.7 Å². The molecule has 7 nitrogen and oxygen atoms in total. The van der Waals surface area contributed by atoms with Crippen molar-refractivity contribution in [1.82, 2.24) is 10.2 Å². The highest BCUT2D eigenvalue weighted by Crippen LogP contribution is 2.24. The average molecular weight is 543 g/mol. The fourth-order valence-electron chi connectivity index (χ4n) is 3.55. The van der Waals surface area contributed by atoms with Gasteiger partial charge in [-0.1, -0.05) is 60.8 Å². The Kier molecular flexibility index (Phi) is 11.3. The van der Waals surface area contributed by atoms with E-state index in [0.717, 1.165) is 19.1 Å². The van der Waals surface area contributed by atoms with Crippen LogP contribution in [0.3, 0.4) is 0 Å². The lowest BCUT2D eigenvalue weighted by Gasteiger charge is -2.30. The molecule has 0 heterocycles. The zero-order valence-electron chi connectivity index (χ0n) is 20.3. The summed E-state index contributed by atoms with van der Waals surface area (Å²) < 4.78 is 25.9. The number of amides is 2. The third-order valence-electron chi connectivity index (χ3n) is 5.55. The number of benzene rings is 2. The van der Waals surface area contributed by atoms with E-state index < -0.39 is 16.1 Å². The van der Waals surface area contributed by atoms with Gasteiger partial charge in [0.25, 0.3) is 0 Å². The molecule has 1 unspecified atom stereocenters. The molecular weight excluding hydrogens is 509 g/mol. The first-order chi connectivity index (χ1) is 16.5. The fourth-order valence-corrected chi connectivity index (χ4v) is 4.98. The minimum absolute atomic E-state index is 0.0661. The summed E-state index contributed by atoms with van der Waals surface area (Å²) in [5, 5.41) is 3.75. The number of para-hydroxylation sites is 1. The Morgan fingerprint density at radius 2 is 1.74 bits per heavy atom. The first-order valence-electron chi connectivity index (χ1n) is 11.6. The molecular formula is C25H33Cl2N3O4S. The van der Waals surface area contributed by atoms with Crippen LogP contribution in [-0.2, 0) is 26.2 Å². The summed E-state index contributed by atoms with van der Waals surface area (Å²) >= 11 is 12.3. The first kappa shape index (κ1) is 28.9. The Labute approximate surface area is 218 Å². The Hall–Kier alpha value is -2.29. The zero-order chi connectivity index (χ0) is 26.0. The minimum atomic E-state index is -3.52. The number of anilines is 1. The molecule has 0 aliphatic rings. The second kappa shape index (κ2) is 13.7. The predicted octanol–water partition coefficient (Wildman–Crippen LogP) is 4.87. The van der Waals surface area contributed by atoms with Gasteiger partial charge in [-0.2, -0.15) is 0 Å². The summed E-state index contributed by atoms with van der Waals surface area (Å²) in [6.07, 6.45) is 3.28. The van der Waals surface area contributed by atoms with Crippen molar-refractivity contribution in [2.24, 2.45) is 0 Å². The van der Waals surface area contributed by atoms with E-state index >= 15 is 0 Å². The number of hydrogen-bond acceptors (Lipinski definition) is 4. The smallest absolute Gasteiger partial charge is 0.242 e. The third kappa shape index (κ3) is 9.02. The molecule has 0 saturated carbocycles. The number of sulfonamides is 1. The average Bonchev–Trinajstić information content (AvgIpc) is 2.80. The number of unbranched alkanes of at least 4 members (excludes halogenated alkanes) is 1. The SMILES string of the molecule is CCCCNC(=O)C(C)N(Cc1ccc(Cl)cc1Cl)C(=O)CCCN(c1ccccc1)S(C)(=O)=O. The monoisotopic (exact) mass is 541 g/mol. The van der Waals surface area contributed by atoms with Crippen molar-refractivity contribution < 1.29 is 18.0 Å². The zero-order valence-corrected chi connectivity index (χ0v) is 22.7. The highest BCUT2D eigenvalue weighted by atomic mass is 35.5. The standard InChI is InChI=1S/C25H33Cl2N3O4S/c1-4-5-15-28-25(32)19(2)29(18-20-13-14-21(26)17-23(20)27)24(31)12-9-16-30(35(3,33)34)22-10-7-6-8-11-22/h6-8,10-11,13-14,17,19H,4-5,9,12,15-16,18H2,1-3H3,(H,28,32). The minimum Gasteiger partial charge on any atom is -0.354 e. The summed E-state index contributed by atoms with van der Waals surface area (Å²) in [4.78, 5) is 27.5. The van der Waals surface area contributed by atoms with Gasteiger partial charge in [-0.15, -0.1) is 0 Å². The number of carbonyl (C=O) groups is 2. The van der Waals surface area contributed by atoms with Gasteiger partial charge in [-0.25, -0.2) is 8.42 Å². The molecule has 2 amide bonds. The molecule has 0 fully saturated rings. The highest BCUT2D eigenvalue weighted by molar-refractivity contribution is 7.92. The van der Waals surface area contributed by atoms with E-state index in [2.05, 4.69) is 5.32 Å². The van der Waals surface area contributed by atoms with Gasteiger partial charge in [-0.05, 0) is 49.6 Å². The summed E-state index contributed by atoms with van der Waals surface area (Å²) in [6, 6.07) is 13.0. The highest BCUT2D eigenvalue weighted by Gasteiger charge is 2.27. The molecule has 0 aliphatic carbocycles. The molecule has 0 aromatic heterocycles. The van der Waals surface area contributed by atoms with E-state index in [0.29, 0.717) is 27.8 Å². The Balaban J connectivity index is 2.16. The van der Waals surface area contributed by atoms with E-state index in [1.807, 2.05) is 6.92 Å². The predicted molar refractivity (Wildman–Crippen MR) is 142 cm³/mol. The molecule has 0 saturated heterocycles. The molecule has 35 heavy (non-hydrogen) atoms. The molecule has 2 aromatic carbocycles. The molecule has 10 heteroatoms. The van der Waals surface area contributed by atoms with Crippen molar-refractivity contribution in [3.63, 3.8) is 0 Å². The molecule has 1 atom stereocenters. The Morgan fingerprint density at radius 3 is 2.34 bits per heavy atom. The third-order valence-corrected chi connectivity index (χ3v) is 7.33. The van der Waals surface area contributed by atoms with Crippen LogP contribution < -0.4 is 9.62 Å². The molecule has 0 bridgehead atoms. The van der Waals surface area contributed by atoms with Gasteiger partial charge in [0.05, 0.1) is 11.9 Å². The van der Waals surface area contributed by atoms with Gasteiger partial charge < -0.3 is 10.2 Å². The summed E-state index contributed by atoms with van der Waals surface area (Å²) in [6.45, 7) is 4.51. The van der Waals surface area contributed by atoms with Crippen LogP contribution in [0.1, 0.15) is 45.1 Å². The van der Waals surface area contributed by atoms with Crippen LogP contribution in [0.5, 0.6) is 0 Å². The van der Waals surface area contributed by atoms with Crippen molar-refractivity contribution in [3.05, 3.63) is 64.1 Å². The summed E-state index contributed by atoms with van der Waals surface area (Å²) in [7, 11) is -3.52. The number of nitrogens with one attached hydrogen (secondary N) is 1. The Morgan fingerprint density at radius 1 is 1.06 bits per heavy atom. The second-order valence-electron chi connectivity index (χ2n) is 8.35. The van der Waals surface area contributed by atoms with Gasteiger partial charge in [0, 0.05) is 36.1 Å². The molecule has 2 rings (SSSR count). The quantitative estimate of drug-likeness (QED) is 0.366. The molecule has 0 spiro atoms. The number of halogens is 2. The van der Waals surface area contributed by atoms with Gasteiger partial charge in [-0.3, -0.25) is 13.9 Å². The van der Waals surface area contributed by atoms with Crippen molar-refractivity contribution in [1.29, 1.82) is 0 Å². The van der Waals surface area contributed by atoms with Crippen LogP contribution in [0, 0.1) is 0 Å². The number of carbonyl (C=O) groups excluding carboxylic acids is 2. The van der Waals surface area contributed by atoms with E-state index in [4.69, 9.17) is 23.2 Å². The lowest BCUT2D eigenvalue weighted by atomic mass is 10.1. The normalized spacial score (nSPS) is 12.1. The first-order valence-corrected chi connectivity index (χ1v) is 14.2.